The molecule has 0 bridgehead atoms. The van der Waals surface area contributed by atoms with Crippen molar-refractivity contribution in [3.63, 3.8) is 0 Å². The van der Waals surface area contributed by atoms with Gasteiger partial charge in [-0.25, -0.2) is 28.4 Å². The fourth-order valence-electron chi connectivity index (χ4n) is 3.94. The third-order valence-corrected chi connectivity index (χ3v) is 5.67. The van der Waals surface area contributed by atoms with Gasteiger partial charge in [-0.1, -0.05) is 0 Å². The highest BCUT2D eigenvalue weighted by molar-refractivity contribution is 7.76. The minimum absolute atomic E-state index is 0.0733. The zero-order valence-corrected chi connectivity index (χ0v) is 14.9. The smallest absolute Gasteiger partial charge is 0.253 e. The molecular weight excluding hydrogens is 368 g/mol. The van der Waals surface area contributed by atoms with Gasteiger partial charge < -0.3 is 4.90 Å². The summed E-state index contributed by atoms with van der Waals surface area (Å²) in [6.07, 6.45) is 2.13. The van der Waals surface area contributed by atoms with Gasteiger partial charge in [0.1, 0.15) is 12.1 Å². The number of alkyl halides is 2. The summed E-state index contributed by atoms with van der Waals surface area (Å²) in [5.41, 5.74) is 3.62. The van der Waals surface area contributed by atoms with Gasteiger partial charge in [-0.2, -0.15) is 5.10 Å². The predicted octanol–water partition coefficient (Wildman–Crippen LogP) is 0.540. The fraction of sp³-hybridized carbons (Fsp3) is 0.643. The van der Waals surface area contributed by atoms with Gasteiger partial charge in [0.25, 0.3) is 6.43 Å². The van der Waals surface area contributed by atoms with Gasteiger partial charge in [0.05, 0.1) is 18.1 Å². The maximum Gasteiger partial charge on any atom is 0.253 e. The molecule has 1 aliphatic heterocycles. The summed E-state index contributed by atoms with van der Waals surface area (Å²) in [6, 6.07) is -0.0733. The van der Waals surface area contributed by atoms with Gasteiger partial charge in [0.15, 0.2) is 5.65 Å². The van der Waals surface area contributed by atoms with Crippen molar-refractivity contribution in [2.24, 2.45) is 12.5 Å². The van der Waals surface area contributed by atoms with Crippen LogP contribution in [0.4, 0.5) is 14.6 Å². The Labute approximate surface area is 150 Å². The first-order chi connectivity index (χ1) is 12.4. The van der Waals surface area contributed by atoms with Gasteiger partial charge in [0, 0.05) is 31.6 Å². The number of aryl methyl sites for hydroxylation is 1. The molecule has 1 aliphatic carbocycles. The van der Waals surface area contributed by atoms with Gasteiger partial charge in [-0.15, -0.1) is 4.41 Å². The molecule has 9 nitrogen and oxygen atoms in total. The zero-order chi connectivity index (χ0) is 18.5. The Balaban J connectivity index is 1.35. The van der Waals surface area contributed by atoms with E-state index < -0.39 is 24.2 Å². The number of nitrogens with zero attached hydrogens (tertiary/aromatic N) is 6. The van der Waals surface area contributed by atoms with Crippen molar-refractivity contribution < 1.29 is 17.5 Å². The molecule has 26 heavy (non-hydrogen) atoms. The van der Waals surface area contributed by atoms with Crippen LogP contribution in [-0.4, -0.2) is 65.0 Å². The first-order valence-electron chi connectivity index (χ1n) is 8.17. The first-order valence-corrected chi connectivity index (χ1v) is 9.24. The van der Waals surface area contributed by atoms with E-state index in [1.165, 1.54) is 6.33 Å². The molecule has 1 saturated carbocycles. The lowest BCUT2D eigenvalue weighted by atomic mass is 9.61. The molecule has 1 spiro atoms. The van der Waals surface area contributed by atoms with Crippen molar-refractivity contribution in [2.75, 3.05) is 24.5 Å². The van der Waals surface area contributed by atoms with Crippen molar-refractivity contribution in [3.8, 4) is 0 Å². The number of fused-ring (bicyclic) bond motifs is 1. The van der Waals surface area contributed by atoms with E-state index in [2.05, 4.69) is 25.4 Å². The summed E-state index contributed by atoms with van der Waals surface area (Å²) in [4.78, 5) is 10.8. The Kier molecular flexibility index (Phi) is 4.37. The van der Waals surface area contributed by atoms with Crippen LogP contribution >= 0.6 is 0 Å². The number of nitrogens with one attached hydrogen (secondary N) is 1. The Hall–Kier alpha value is -1.76. The van der Waals surface area contributed by atoms with Crippen molar-refractivity contribution in [2.45, 2.75) is 25.3 Å². The van der Waals surface area contributed by atoms with Crippen LogP contribution in [0.15, 0.2) is 12.5 Å². The molecule has 1 atom stereocenters. The Morgan fingerprint density at radius 1 is 1.46 bits per heavy atom. The summed E-state index contributed by atoms with van der Waals surface area (Å²) >= 11 is -2.47. The van der Waals surface area contributed by atoms with Crippen molar-refractivity contribution >= 4 is 28.1 Å². The Morgan fingerprint density at radius 2 is 2.19 bits per heavy atom. The molecule has 0 radical (unpaired) electrons. The molecule has 2 aliphatic rings. The van der Waals surface area contributed by atoms with Crippen LogP contribution in [0, 0.1) is 5.41 Å². The molecule has 2 N–H and O–H groups in total. The van der Waals surface area contributed by atoms with Crippen LogP contribution < -0.4 is 10.3 Å². The number of hydrogen-bond acceptors (Lipinski definition) is 6. The van der Waals surface area contributed by atoms with E-state index in [0.717, 1.165) is 42.8 Å². The molecule has 0 amide bonds. The maximum absolute atomic E-state index is 12.5. The van der Waals surface area contributed by atoms with Crippen LogP contribution in [0.1, 0.15) is 12.8 Å². The van der Waals surface area contributed by atoms with Crippen LogP contribution in [0.2, 0.25) is 0 Å². The van der Waals surface area contributed by atoms with Crippen molar-refractivity contribution in [1.82, 2.24) is 29.6 Å². The van der Waals surface area contributed by atoms with E-state index in [9.17, 15) is 13.0 Å². The molecule has 4 rings (SSSR count). The highest BCUT2D eigenvalue weighted by Gasteiger charge is 2.53. The summed E-state index contributed by atoms with van der Waals surface area (Å²) in [7, 11) is 1.83. The van der Waals surface area contributed by atoms with E-state index >= 15 is 0 Å². The van der Waals surface area contributed by atoms with Gasteiger partial charge in [0.2, 0.25) is 11.3 Å². The van der Waals surface area contributed by atoms with E-state index in [1.807, 2.05) is 7.05 Å². The van der Waals surface area contributed by atoms with E-state index in [0.29, 0.717) is 4.41 Å². The normalized spacial score (nSPS) is 20.8. The van der Waals surface area contributed by atoms with E-state index in [-0.39, 0.29) is 11.5 Å². The Morgan fingerprint density at radius 3 is 2.85 bits per heavy atom. The number of halogens is 2. The molecule has 1 saturated heterocycles. The minimum Gasteiger partial charge on any atom is -0.355 e. The molecular formula is C14H19F2N7O2S. The monoisotopic (exact) mass is 387 g/mol. The lowest BCUT2D eigenvalue weighted by molar-refractivity contribution is 0.0118. The largest absolute Gasteiger partial charge is 0.355 e. The molecule has 12 heteroatoms. The fourth-order valence-corrected chi connectivity index (χ4v) is 4.42. The second-order valence-corrected chi connectivity index (χ2v) is 7.88. The highest BCUT2D eigenvalue weighted by Crippen LogP contribution is 2.50. The van der Waals surface area contributed by atoms with Gasteiger partial charge >= 0.3 is 0 Å². The molecule has 2 fully saturated rings. The number of anilines is 1. The summed E-state index contributed by atoms with van der Waals surface area (Å²) in [5.74, 6) is 0.848. The maximum atomic E-state index is 12.5. The van der Waals surface area contributed by atoms with Gasteiger partial charge in [-0.3, -0.25) is 9.23 Å². The van der Waals surface area contributed by atoms with Crippen LogP contribution in [0.3, 0.4) is 0 Å². The SMILES string of the molecule is Cn1ncc2c(N3CC4(CC(NN(CC(F)F)S(=O)O)C4)C3)ncnc21. The molecule has 0 aromatic carbocycles. The molecule has 1 unspecified atom stereocenters. The van der Waals surface area contributed by atoms with Crippen LogP contribution in [0.25, 0.3) is 11.0 Å². The standard InChI is InChI=1S/C14H19F2N7O2S/c1-21-12-10(4-19-21)13(18-8-17-12)22-6-14(7-22)2-9(3-14)20-23(26(24)25)5-11(15)16/h4,8-9,11,20H,2-3,5-7H2,1H3,(H,24,25). The quantitative estimate of drug-likeness (QED) is 0.551. The molecule has 3 heterocycles. The minimum atomic E-state index is -2.67. The van der Waals surface area contributed by atoms with Crippen molar-refractivity contribution in [3.05, 3.63) is 12.5 Å². The number of hydrogen-bond donors (Lipinski definition) is 2. The molecule has 2 aromatic rings. The third kappa shape index (κ3) is 3.06. The summed E-state index contributed by atoms with van der Waals surface area (Å²) < 4.78 is 47.5. The lowest BCUT2D eigenvalue weighted by Gasteiger charge is -2.59. The number of hydrazine groups is 1. The van der Waals surface area contributed by atoms with E-state index in [4.69, 9.17) is 4.55 Å². The van der Waals surface area contributed by atoms with E-state index in [1.54, 1.807) is 10.9 Å². The van der Waals surface area contributed by atoms with Crippen LogP contribution in [0.5, 0.6) is 0 Å². The van der Waals surface area contributed by atoms with Crippen molar-refractivity contribution in [1.29, 1.82) is 0 Å². The second kappa shape index (κ2) is 6.44. The number of aromatic nitrogens is 4. The molecule has 2 aromatic heterocycles. The van der Waals surface area contributed by atoms with Gasteiger partial charge in [-0.05, 0) is 12.8 Å². The van der Waals surface area contributed by atoms with Crippen LogP contribution in [-0.2, 0) is 18.3 Å². The predicted molar refractivity (Wildman–Crippen MR) is 90.6 cm³/mol. The first kappa shape index (κ1) is 17.6. The average molecular weight is 387 g/mol. The second-order valence-electron chi connectivity index (χ2n) is 6.98. The lowest BCUT2D eigenvalue weighted by Crippen LogP contribution is -2.68. The zero-order valence-electron chi connectivity index (χ0n) is 14.0. The highest BCUT2D eigenvalue weighted by atomic mass is 32.2. The topological polar surface area (TPSA) is 99.4 Å². The Bertz CT molecular complexity index is 834. The number of rotatable bonds is 6. The third-order valence-electron chi connectivity index (χ3n) is 5.04. The summed E-state index contributed by atoms with van der Waals surface area (Å²) in [6.45, 7) is 0.838. The average Bonchev–Trinajstić information content (AvgIpc) is 2.88. The summed E-state index contributed by atoms with van der Waals surface area (Å²) in [5, 5.41) is 5.11. The molecule has 142 valence electrons.